The van der Waals surface area contributed by atoms with Crippen molar-refractivity contribution < 1.29 is 4.57 Å². The molecule has 0 aliphatic carbocycles. The van der Waals surface area contributed by atoms with Crippen LogP contribution in [0.2, 0.25) is 0 Å². The quantitative estimate of drug-likeness (QED) is 0.381. The molecule has 0 spiro atoms. The van der Waals surface area contributed by atoms with Crippen LogP contribution in [0.25, 0.3) is 49.7 Å². The highest BCUT2D eigenvalue weighted by molar-refractivity contribution is 5.88. The van der Waals surface area contributed by atoms with Crippen LogP contribution in [-0.2, 0) is 0 Å². The van der Waals surface area contributed by atoms with Gasteiger partial charge in [0.1, 0.15) is 6.20 Å². The van der Waals surface area contributed by atoms with Crippen molar-refractivity contribution in [3.05, 3.63) is 104 Å². The van der Waals surface area contributed by atoms with E-state index in [1.807, 2.05) is 24.3 Å². The van der Waals surface area contributed by atoms with Gasteiger partial charge >= 0.3 is 5.82 Å². The van der Waals surface area contributed by atoms with Crippen LogP contribution in [0.4, 0.5) is 0 Å². The molecule has 0 aliphatic heterocycles. The van der Waals surface area contributed by atoms with E-state index < -0.39 is 0 Å². The zero-order valence-corrected chi connectivity index (χ0v) is 16.1. The molecule has 4 nitrogen and oxygen atoms in total. The highest BCUT2D eigenvalue weighted by atomic mass is 15.0. The van der Waals surface area contributed by atoms with E-state index >= 15 is 0 Å². The lowest BCUT2D eigenvalue weighted by Crippen LogP contribution is -2.30. The number of rotatable bonds is 2. The number of hydrogen-bond donors (Lipinski definition) is 0. The minimum absolute atomic E-state index is 0.906. The lowest BCUT2D eigenvalue weighted by Gasteiger charge is -2.06. The smallest absolute Gasteiger partial charge is 0.253 e. The van der Waals surface area contributed by atoms with Crippen molar-refractivity contribution in [3.8, 4) is 16.9 Å². The normalized spacial score (nSPS) is 11.3. The predicted octanol–water partition coefficient (Wildman–Crippen LogP) is 5.27. The van der Waals surface area contributed by atoms with E-state index in [-0.39, 0.29) is 0 Å². The van der Waals surface area contributed by atoms with E-state index in [2.05, 4.69) is 81.5 Å². The van der Waals surface area contributed by atoms with Gasteiger partial charge in [0.15, 0.2) is 5.52 Å². The molecular formula is C26H17N4+. The Morgan fingerprint density at radius 3 is 2.33 bits per heavy atom. The highest BCUT2D eigenvalue weighted by Crippen LogP contribution is 2.26. The van der Waals surface area contributed by atoms with E-state index in [0.29, 0.717) is 0 Å². The van der Waals surface area contributed by atoms with Crippen molar-refractivity contribution in [2.24, 2.45) is 0 Å². The number of para-hydroxylation sites is 1. The third-order valence-corrected chi connectivity index (χ3v) is 5.43. The van der Waals surface area contributed by atoms with Gasteiger partial charge in [-0.3, -0.25) is 9.97 Å². The van der Waals surface area contributed by atoms with Gasteiger partial charge in [0.25, 0.3) is 0 Å². The summed E-state index contributed by atoms with van der Waals surface area (Å²) in [6, 6.07) is 27.2. The van der Waals surface area contributed by atoms with Crippen LogP contribution in [0.3, 0.4) is 0 Å². The highest BCUT2D eigenvalue weighted by Gasteiger charge is 2.11. The Balaban J connectivity index is 1.41. The van der Waals surface area contributed by atoms with Crippen molar-refractivity contribution in [1.29, 1.82) is 0 Å². The Labute approximate surface area is 173 Å². The Morgan fingerprint density at radius 2 is 1.37 bits per heavy atom. The monoisotopic (exact) mass is 385 g/mol. The topological polar surface area (TPSA) is 42.5 Å². The fraction of sp³-hybridized carbons (Fsp3) is 0. The van der Waals surface area contributed by atoms with Gasteiger partial charge in [-0.15, -0.1) is 0 Å². The molecule has 140 valence electrons. The molecule has 30 heavy (non-hydrogen) atoms. The number of benzene rings is 3. The second-order valence-corrected chi connectivity index (χ2v) is 7.32. The van der Waals surface area contributed by atoms with Crippen LogP contribution in [0.1, 0.15) is 0 Å². The first-order valence-corrected chi connectivity index (χ1v) is 9.86. The van der Waals surface area contributed by atoms with Crippen LogP contribution in [0, 0.1) is 0 Å². The summed E-state index contributed by atoms with van der Waals surface area (Å²) in [4.78, 5) is 13.6. The molecule has 0 aliphatic rings. The summed E-state index contributed by atoms with van der Waals surface area (Å²) in [5.74, 6) is 0.910. The summed E-state index contributed by atoms with van der Waals surface area (Å²) in [6.45, 7) is 0. The van der Waals surface area contributed by atoms with Crippen molar-refractivity contribution in [2.45, 2.75) is 0 Å². The maximum atomic E-state index is 4.80. The molecular weight excluding hydrogens is 368 g/mol. The SMILES string of the molecule is c1ccc2nc(-[n+]3ccc4cc(-c5ccc6nccnc6c5)ccc4c3)ccc2c1. The number of pyridine rings is 2. The first-order valence-electron chi connectivity index (χ1n) is 9.86. The molecule has 6 rings (SSSR count). The second-order valence-electron chi connectivity index (χ2n) is 7.32. The summed E-state index contributed by atoms with van der Waals surface area (Å²) in [7, 11) is 0. The fourth-order valence-corrected chi connectivity index (χ4v) is 3.85. The average molecular weight is 385 g/mol. The van der Waals surface area contributed by atoms with Crippen LogP contribution in [0.5, 0.6) is 0 Å². The zero-order chi connectivity index (χ0) is 19.9. The molecule has 0 atom stereocenters. The molecule has 0 bridgehead atoms. The molecule has 6 aromatic rings. The third-order valence-electron chi connectivity index (χ3n) is 5.43. The fourth-order valence-electron chi connectivity index (χ4n) is 3.85. The Bertz CT molecular complexity index is 1440. The average Bonchev–Trinajstić information content (AvgIpc) is 2.83. The van der Waals surface area contributed by atoms with Crippen molar-refractivity contribution >= 4 is 32.7 Å². The predicted molar refractivity (Wildman–Crippen MR) is 119 cm³/mol. The lowest BCUT2D eigenvalue weighted by molar-refractivity contribution is -0.597. The minimum atomic E-state index is 0.906. The summed E-state index contributed by atoms with van der Waals surface area (Å²) >= 11 is 0. The van der Waals surface area contributed by atoms with E-state index in [1.165, 1.54) is 5.39 Å². The molecule has 0 saturated heterocycles. The molecule has 0 fully saturated rings. The van der Waals surface area contributed by atoms with Gasteiger partial charge in [-0.05, 0) is 57.9 Å². The van der Waals surface area contributed by atoms with E-state index in [9.17, 15) is 0 Å². The van der Waals surface area contributed by atoms with Crippen LogP contribution >= 0.6 is 0 Å². The summed E-state index contributed by atoms with van der Waals surface area (Å²) in [5.41, 5.74) is 5.11. The lowest BCUT2D eigenvalue weighted by atomic mass is 10.0. The van der Waals surface area contributed by atoms with E-state index in [1.54, 1.807) is 12.4 Å². The van der Waals surface area contributed by atoms with Gasteiger partial charge in [0, 0.05) is 29.2 Å². The van der Waals surface area contributed by atoms with Crippen molar-refractivity contribution in [2.75, 3.05) is 0 Å². The summed E-state index contributed by atoms with van der Waals surface area (Å²) in [6.07, 6.45) is 7.64. The summed E-state index contributed by atoms with van der Waals surface area (Å²) < 4.78 is 2.07. The second kappa shape index (κ2) is 6.71. The van der Waals surface area contributed by atoms with Crippen LogP contribution < -0.4 is 4.57 Å². The maximum absolute atomic E-state index is 4.80. The molecule has 3 heterocycles. The number of fused-ring (bicyclic) bond motifs is 3. The molecule has 3 aromatic heterocycles. The molecule has 0 amide bonds. The van der Waals surface area contributed by atoms with Crippen molar-refractivity contribution in [1.82, 2.24) is 15.0 Å². The third kappa shape index (κ3) is 2.86. The molecule has 0 N–H and O–H groups in total. The van der Waals surface area contributed by atoms with E-state index in [4.69, 9.17) is 4.98 Å². The Hall–Kier alpha value is -4.18. The van der Waals surface area contributed by atoms with Gasteiger partial charge in [0.2, 0.25) is 0 Å². The number of hydrogen-bond acceptors (Lipinski definition) is 3. The van der Waals surface area contributed by atoms with Crippen molar-refractivity contribution in [3.63, 3.8) is 0 Å². The largest absolute Gasteiger partial charge is 0.328 e. The molecule has 3 aromatic carbocycles. The molecule has 0 radical (unpaired) electrons. The molecule has 0 unspecified atom stereocenters. The molecule has 0 saturated carbocycles. The van der Waals surface area contributed by atoms with Gasteiger partial charge in [-0.25, -0.2) is 4.57 Å². The van der Waals surface area contributed by atoms with Crippen LogP contribution in [0.15, 0.2) is 104 Å². The maximum Gasteiger partial charge on any atom is 0.328 e. The van der Waals surface area contributed by atoms with E-state index in [0.717, 1.165) is 44.3 Å². The zero-order valence-electron chi connectivity index (χ0n) is 16.1. The number of nitrogens with zero attached hydrogens (tertiary/aromatic N) is 4. The first-order chi connectivity index (χ1) is 14.8. The molecule has 4 heteroatoms. The minimum Gasteiger partial charge on any atom is -0.253 e. The van der Waals surface area contributed by atoms with Gasteiger partial charge in [-0.1, -0.05) is 36.4 Å². The van der Waals surface area contributed by atoms with Gasteiger partial charge < -0.3 is 0 Å². The summed E-state index contributed by atoms with van der Waals surface area (Å²) in [5, 5.41) is 3.49. The van der Waals surface area contributed by atoms with Gasteiger partial charge in [-0.2, -0.15) is 0 Å². The first kappa shape index (κ1) is 16.7. The van der Waals surface area contributed by atoms with Gasteiger partial charge in [0.05, 0.1) is 17.2 Å². The number of aromatic nitrogens is 4. The Morgan fingerprint density at radius 1 is 0.567 bits per heavy atom. The Kier molecular flexibility index (Phi) is 3.74. The van der Waals surface area contributed by atoms with Crippen LogP contribution in [-0.4, -0.2) is 15.0 Å². The standard InChI is InChI=1S/C26H17N4/c1-2-4-23-18(3-1)8-10-26(29-23)30-14-11-21-15-19(5-6-22(21)17-30)20-7-9-24-25(16-20)28-13-12-27-24/h1-17H/q+1.